The Morgan fingerprint density at radius 1 is 1.40 bits per heavy atom. The van der Waals surface area contributed by atoms with Crippen molar-refractivity contribution in [2.24, 2.45) is 0 Å². The van der Waals surface area contributed by atoms with Crippen molar-refractivity contribution in [3.63, 3.8) is 0 Å². The fourth-order valence-corrected chi connectivity index (χ4v) is 1.71. The summed E-state index contributed by atoms with van der Waals surface area (Å²) in [6.45, 7) is 2.96. The number of unbranched alkanes of at least 4 members (excludes halogenated alkanes) is 2. The second-order valence-electron chi connectivity index (χ2n) is 3.38. The van der Waals surface area contributed by atoms with E-state index < -0.39 is 19.4 Å². The maximum absolute atomic E-state index is 11.0. The molecule has 0 heterocycles. The summed E-state index contributed by atoms with van der Waals surface area (Å²) in [5.74, 6) is -3.17. The SMILES string of the molecule is CCCCCC(O)(OP(=O)(O)O)C(C)=O. The van der Waals surface area contributed by atoms with Crippen LogP contribution in [0.1, 0.15) is 39.5 Å². The Kier molecular flexibility index (Phi) is 5.62. The molecule has 0 aliphatic rings. The van der Waals surface area contributed by atoms with Gasteiger partial charge in [-0.25, -0.2) is 9.09 Å². The average Bonchev–Trinajstić information content (AvgIpc) is 2.01. The minimum atomic E-state index is -4.86. The molecule has 15 heavy (non-hydrogen) atoms. The Morgan fingerprint density at radius 2 is 1.93 bits per heavy atom. The van der Waals surface area contributed by atoms with Crippen LogP contribution in [0.4, 0.5) is 0 Å². The van der Waals surface area contributed by atoms with Crippen molar-refractivity contribution in [1.29, 1.82) is 0 Å². The summed E-state index contributed by atoms with van der Waals surface area (Å²) in [6.07, 6.45) is 1.97. The van der Waals surface area contributed by atoms with E-state index in [2.05, 4.69) is 4.52 Å². The molecule has 0 radical (unpaired) electrons. The van der Waals surface area contributed by atoms with Crippen molar-refractivity contribution in [2.75, 3.05) is 0 Å². The highest BCUT2D eigenvalue weighted by atomic mass is 31.2. The second-order valence-corrected chi connectivity index (χ2v) is 4.54. The van der Waals surface area contributed by atoms with Gasteiger partial charge in [-0.1, -0.05) is 19.8 Å². The molecule has 0 bridgehead atoms. The molecule has 0 aromatic carbocycles. The predicted molar refractivity (Wildman–Crippen MR) is 52.9 cm³/mol. The van der Waals surface area contributed by atoms with Crippen LogP contribution in [0.25, 0.3) is 0 Å². The molecule has 1 unspecified atom stereocenters. The molecule has 0 saturated heterocycles. The second kappa shape index (κ2) is 5.72. The summed E-state index contributed by atoms with van der Waals surface area (Å²) in [4.78, 5) is 28.1. The third-order valence-corrected chi connectivity index (χ3v) is 2.48. The van der Waals surface area contributed by atoms with Gasteiger partial charge in [-0.3, -0.25) is 4.79 Å². The topological polar surface area (TPSA) is 104 Å². The number of carbonyl (C=O) groups excluding carboxylic acids is 1. The first-order valence-electron chi connectivity index (χ1n) is 4.71. The van der Waals surface area contributed by atoms with Crippen molar-refractivity contribution in [3.05, 3.63) is 0 Å². The van der Waals surface area contributed by atoms with Gasteiger partial charge >= 0.3 is 7.82 Å². The molecule has 0 fully saturated rings. The minimum Gasteiger partial charge on any atom is -0.359 e. The number of hydrogen-bond acceptors (Lipinski definition) is 4. The highest BCUT2D eigenvalue weighted by molar-refractivity contribution is 7.46. The van der Waals surface area contributed by atoms with Crippen LogP contribution in [0.2, 0.25) is 0 Å². The van der Waals surface area contributed by atoms with E-state index in [0.717, 1.165) is 19.8 Å². The molecule has 0 aromatic heterocycles. The van der Waals surface area contributed by atoms with Crippen LogP contribution in [0.15, 0.2) is 0 Å². The highest BCUT2D eigenvalue weighted by Gasteiger charge is 2.39. The number of hydrogen-bond donors (Lipinski definition) is 3. The monoisotopic (exact) mass is 240 g/mol. The zero-order valence-electron chi connectivity index (χ0n) is 8.84. The van der Waals surface area contributed by atoms with Gasteiger partial charge in [0, 0.05) is 13.3 Å². The molecule has 0 saturated carbocycles. The van der Waals surface area contributed by atoms with Gasteiger partial charge in [0.05, 0.1) is 0 Å². The van der Waals surface area contributed by atoms with Crippen LogP contribution in [0.3, 0.4) is 0 Å². The first-order chi connectivity index (χ1) is 6.71. The van der Waals surface area contributed by atoms with Gasteiger partial charge in [0.1, 0.15) is 0 Å². The number of Topliss-reactive ketones (excluding diaryl/α,β-unsaturated/α-hetero) is 1. The van der Waals surface area contributed by atoms with Crippen LogP contribution in [-0.4, -0.2) is 26.5 Å². The van der Waals surface area contributed by atoms with E-state index in [0.29, 0.717) is 6.42 Å². The first-order valence-corrected chi connectivity index (χ1v) is 6.24. The molecule has 0 amide bonds. The van der Waals surface area contributed by atoms with Crippen LogP contribution >= 0.6 is 7.82 Å². The van der Waals surface area contributed by atoms with Gasteiger partial charge in [-0.15, -0.1) is 0 Å². The summed E-state index contributed by atoms with van der Waals surface area (Å²) in [5, 5.41) is 9.59. The lowest BCUT2D eigenvalue weighted by molar-refractivity contribution is -0.177. The first kappa shape index (κ1) is 14.7. The average molecular weight is 240 g/mol. The number of phosphoric acid groups is 1. The van der Waals surface area contributed by atoms with E-state index in [4.69, 9.17) is 9.79 Å². The summed E-state index contributed by atoms with van der Waals surface area (Å²) >= 11 is 0. The van der Waals surface area contributed by atoms with Gasteiger partial charge in [0.25, 0.3) is 0 Å². The van der Waals surface area contributed by atoms with E-state index in [-0.39, 0.29) is 6.42 Å². The lowest BCUT2D eigenvalue weighted by Gasteiger charge is -2.25. The minimum absolute atomic E-state index is 0.110. The van der Waals surface area contributed by atoms with E-state index in [1.807, 2.05) is 6.92 Å². The molecule has 7 heteroatoms. The standard InChI is InChI=1S/C8H17O6P/c1-3-4-5-6-8(10,7(2)9)14-15(11,12)13/h10H,3-6H2,1-2H3,(H2,11,12,13). The molecule has 6 nitrogen and oxygen atoms in total. The van der Waals surface area contributed by atoms with E-state index in [1.165, 1.54) is 0 Å². The van der Waals surface area contributed by atoms with Crippen molar-refractivity contribution in [3.8, 4) is 0 Å². The number of aliphatic hydroxyl groups is 1. The van der Waals surface area contributed by atoms with E-state index >= 15 is 0 Å². The number of ketones is 1. The van der Waals surface area contributed by atoms with Crippen molar-refractivity contribution >= 4 is 13.6 Å². The van der Waals surface area contributed by atoms with Crippen molar-refractivity contribution in [1.82, 2.24) is 0 Å². The maximum atomic E-state index is 11.0. The molecule has 1 atom stereocenters. The van der Waals surface area contributed by atoms with Crippen molar-refractivity contribution in [2.45, 2.75) is 45.3 Å². The Balaban J connectivity index is 4.46. The maximum Gasteiger partial charge on any atom is 0.472 e. The fraction of sp³-hybridized carbons (Fsp3) is 0.875. The summed E-state index contributed by atoms with van der Waals surface area (Å²) in [7, 11) is -4.86. The van der Waals surface area contributed by atoms with Gasteiger partial charge in [-0.2, -0.15) is 0 Å². The van der Waals surface area contributed by atoms with Gasteiger partial charge < -0.3 is 14.9 Å². The van der Waals surface area contributed by atoms with E-state index in [9.17, 15) is 14.5 Å². The molecule has 90 valence electrons. The van der Waals surface area contributed by atoms with Gasteiger partial charge in [0.2, 0.25) is 5.79 Å². The largest absolute Gasteiger partial charge is 0.472 e. The van der Waals surface area contributed by atoms with Crippen LogP contribution in [0, 0.1) is 0 Å². The Bertz CT molecular complexity index is 260. The van der Waals surface area contributed by atoms with E-state index in [1.54, 1.807) is 0 Å². The zero-order valence-corrected chi connectivity index (χ0v) is 9.74. The number of carbonyl (C=O) groups is 1. The van der Waals surface area contributed by atoms with Crippen molar-refractivity contribution < 1.29 is 28.8 Å². The third kappa shape index (κ3) is 6.02. The molecular weight excluding hydrogens is 223 g/mol. The molecule has 0 rings (SSSR count). The smallest absolute Gasteiger partial charge is 0.359 e. The number of rotatable bonds is 7. The molecule has 0 aliphatic carbocycles. The highest BCUT2D eigenvalue weighted by Crippen LogP contribution is 2.42. The summed E-state index contributed by atoms with van der Waals surface area (Å²) in [6, 6.07) is 0. The molecule has 0 aliphatic heterocycles. The quantitative estimate of drug-likeness (QED) is 0.347. The lowest BCUT2D eigenvalue weighted by Crippen LogP contribution is -2.39. The van der Waals surface area contributed by atoms with Gasteiger partial charge in [0.15, 0.2) is 5.78 Å². The van der Waals surface area contributed by atoms with Crippen LogP contribution < -0.4 is 0 Å². The van der Waals surface area contributed by atoms with Crippen LogP contribution in [0.5, 0.6) is 0 Å². The normalized spacial score (nSPS) is 16.1. The zero-order chi connectivity index (χ0) is 12.1. The van der Waals surface area contributed by atoms with Gasteiger partial charge in [-0.05, 0) is 6.42 Å². The Morgan fingerprint density at radius 3 is 2.27 bits per heavy atom. The number of phosphoric ester groups is 1. The summed E-state index contributed by atoms with van der Waals surface area (Å²) < 4.78 is 14.6. The summed E-state index contributed by atoms with van der Waals surface area (Å²) in [5.41, 5.74) is 0. The Labute approximate surface area is 88.5 Å². The fourth-order valence-electron chi connectivity index (χ4n) is 1.10. The lowest BCUT2D eigenvalue weighted by atomic mass is 10.0. The van der Waals surface area contributed by atoms with Crippen LogP contribution in [-0.2, 0) is 13.9 Å². The third-order valence-electron chi connectivity index (χ3n) is 1.94. The molecule has 0 spiro atoms. The predicted octanol–water partition coefficient (Wildman–Crippen LogP) is 0.954. The Hall–Kier alpha value is -0.260. The molecule has 0 aromatic rings. The molecule has 3 N–H and O–H groups in total. The molecular formula is C8H17O6P.